The van der Waals surface area contributed by atoms with E-state index in [2.05, 4.69) is 5.32 Å². The molecule has 1 amide bonds. The minimum Gasteiger partial charge on any atom is -0.490 e. The molecular weight excluding hydrogens is 431 g/mol. The van der Waals surface area contributed by atoms with Gasteiger partial charge in [0, 0.05) is 16.3 Å². The minimum absolute atomic E-state index is 0.0351. The van der Waals surface area contributed by atoms with Crippen molar-refractivity contribution in [2.45, 2.75) is 13.5 Å². The van der Waals surface area contributed by atoms with Crippen LogP contribution in [0.15, 0.2) is 72.3 Å². The van der Waals surface area contributed by atoms with Crippen molar-refractivity contribution in [1.82, 2.24) is 0 Å². The molecule has 0 aliphatic rings. The fraction of sp³-hybridized carbons (Fsp3) is 0.120. The quantitative estimate of drug-likeness (QED) is 0.337. The Kier molecular flexibility index (Phi) is 7.85. The summed E-state index contributed by atoms with van der Waals surface area (Å²) in [5.41, 5.74) is 1.39. The van der Waals surface area contributed by atoms with E-state index in [9.17, 15) is 14.4 Å². The number of hydrogen-bond donors (Lipinski definition) is 1. The van der Waals surface area contributed by atoms with Gasteiger partial charge in [-0.3, -0.25) is 4.79 Å². The summed E-state index contributed by atoms with van der Waals surface area (Å²) < 4.78 is 25.2. The highest BCUT2D eigenvalue weighted by atomic mass is 35.5. The first-order chi connectivity index (χ1) is 15.5. The summed E-state index contributed by atoms with van der Waals surface area (Å²) in [4.78, 5) is 12.5. The van der Waals surface area contributed by atoms with Gasteiger partial charge in [0.05, 0.1) is 6.61 Å². The van der Waals surface area contributed by atoms with Crippen molar-refractivity contribution in [1.29, 1.82) is 5.26 Å². The van der Waals surface area contributed by atoms with Gasteiger partial charge in [0.1, 0.15) is 24.1 Å². The molecule has 32 heavy (non-hydrogen) atoms. The number of nitrogens with zero attached hydrogens (tertiary/aromatic N) is 1. The van der Waals surface area contributed by atoms with Crippen molar-refractivity contribution in [3.05, 3.63) is 94.3 Å². The number of benzene rings is 3. The molecule has 0 unspecified atom stereocenters. The van der Waals surface area contributed by atoms with Crippen molar-refractivity contribution in [2.24, 2.45) is 0 Å². The smallest absolute Gasteiger partial charge is 0.266 e. The molecule has 5 nitrogen and oxygen atoms in total. The van der Waals surface area contributed by atoms with E-state index in [1.165, 1.54) is 12.1 Å². The van der Waals surface area contributed by atoms with E-state index in [1.807, 2.05) is 13.0 Å². The molecule has 3 aromatic carbocycles. The number of anilines is 1. The molecule has 0 heterocycles. The van der Waals surface area contributed by atoms with Crippen LogP contribution < -0.4 is 14.8 Å². The lowest BCUT2D eigenvalue weighted by Gasteiger charge is -2.13. The summed E-state index contributed by atoms with van der Waals surface area (Å²) in [6.45, 7) is 2.24. The molecule has 0 atom stereocenters. The van der Waals surface area contributed by atoms with Gasteiger partial charge in [-0.05, 0) is 55.0 Å². The van der Waals surface area contributed by atoms with Crippen molar-refractivity contribution < 1.29 is 18.7 Å². The Hall–Kier alpha value is -3.82. The molecule has 0 radical (unpaired) electrons. The number of nitrogens with one attached hydrogen (secondary N) is 1. The van der Waals surface area contributed by atoms with Crippen LogP contribution in [0.25, 0.3) is 6.08 Å². The molecule has 0 aliphatic heterocycles. The summed E-state index contributed by atoms with van der Waals surface area (Å²) in [5.74, 6) is -0.0683. The molecule has 0 fully saturated rings. The maximum Gasteiger partial charge on any atom is 0.266 e. The molecule has 0 aromatic heterocycles. The number of halogens is 2. The van der Waals surface area contributed by atoms with E-state index < -0.39 is 5.91 Å². The predicted molar refractivity (Wildman–Crippen MR) is 122 cm³/mol. The molecule has 7 heteroatoms. The lowest BCUT2D eigenvalue weighted by atomic mass is 10.1. The van der Waals surface area contributed by atoms with Crippen LogP contribution >= 0.6 is 11.6 Å². The van der Waals surface area contributed by atoms with Crippen LogP contribution in [-0.4, -0.2) is 12.5 Å². The van der Waals surface area contributed by atoms with Crippen LogP contribution in [0, 0.1) is 17.1 Å². The number of hydrogen-bond acceptors (Lipinski definition) is 4. The minimum atomic E-state index is -0.562. The number of rotatable bonds is 8. The predicted octanol–water partition coefficient (Wildman–Crippen LogP) is 6.00. The van der Waals surface area contributed by atoms with E-state index in [0.29, 0.717) is 39.9 Å². The van der Waals surface area contributed by atoms with Gasteiger partial charge in [0.25, 0.3) is 5.91 Å². The third kappa shape index (κ3) is 6.10. The van der Waals surface area contributed by atoms with Crippen molar-refractivity contribution >= 4 is 29.3 Å². The van der Waals surface area contributed by atoms with Crippen molar-refractivity contribution in [3.8, 4) is 17.6 Å². The Bertz CT molecular complexity index is 1190. The Morgan fingerprint density at radius 2 is 1.91 bits per heavy atom. The first-order valence-corrected chi connectivity index (χ1v) is 10.2. The maximum absolute atomic E-state index is 13.8. The second kappa shape index (κ2) is 11.0. The van der Waals surface area contributed by atoms with E-state index in [1.54, 1.807) is 60.7 Å². The van der Waals surface area contributed by atoms with Gasteiger partial charge in [-0.2, -0.15) is 5.26 Å². The fourth-order valence-electron chi connectivity index (χ4n) is 2.85. The van der Waals surface area contributed by atoms with Gasteiger partial charge in [-0.1, -0.05) is 41.9 Å². The zero-order chi connectivity index (χ0) is 22.9. The largest absolute Gasteiger partial charge is 0.490 e. The molecule has 0 saturated carbocycles. The number of amides is 1. The SMILES string of the molecule is CCOc1cc(C=C(C#N)C(=O)Nc2cccc(Cl)c2)ccc1OCc1ccccc1F. The van der Waals surface area contributed by atoms with Gasteiger partial charge < -0.3 is 14.8 Å². The van der Waals surface area contributed by atoms with Gasteiger partial charge in [0.15, 0.2) is 11.5 Å². The molecule has 162 valence electrons. The number of carbonyl (C=O) groups excluding carboxylic acids is 1. The summed E-state index contributed by atoms with van der Waals surface area (Å²) in [5, 5.41) is 12.6. The van der Waals surface area contributed by atoms with E-state index in [0.717, 1.165) is 0 Å². The average Bonchev–Trinajstić information content (AvgIpc) is 2.78. The van der Waals surface area contributed by atoms with Crippen LogP contribution in [0.3, 0.4) is 0 Å². The third-order valence-corrected chi connectivity index (χ3v) is 4.60. The summed E-state index contributed by atoms with van der Waals surface area (Å²) in [6, 6.07) is 19.9. The number of nitriles is 1. The molecule has 0 spiro atoms. The standard InChI is InChI=1S/C25H20ClFN2O3/c1-2-31-24-13-17(10-11-23(24)32-16-18-6-3-4-9-22(18)27)12-19(15-28)25(30)29-21-8-5-7-20(26)14-21/h3-14H,2,16H2,1H3,(H,29,30). The van der Waals surface area contributed by atoms with Crippen molar-refractivity contribution in [2.75, 3.05) is 11.9 Å². The lowest BCUT2D eigenvalue weighted by Crippen LogP contribution is -2.13. The fourth-order valence-corrected chi connectivity index (χ4v) is 3.04. The van der Waals surface area contributed by atoms with Crippen molar-refractivity contribution in [3.63, 3.8) is 0 Å². The van der Waals surface area contributed by atoms with Gasteiger partial charge in [0.2, 0.25) is 0 Å². The topological polar surface area (TPSA) is 71.3 Å². The third-order valence-electron chi connectivity index (χ3n) is 4.37. The van der Waals surface area contributed by atoms with Gasteiger partial charge >= 0.3 is 0 Å². The van der Waals surface area contributed by atoms with E-state index in [4.69, 9.17) is 21.1 Å². The average molecular weight is 451 g/mol. The monoisotopic (exact) mass is 450 g/mol. The Morgan fingerprint density at radius 1 is 1.09 bits per heavy atom. The first kappa shape index (κ1) is 22.9. The highest BCUT2D eigenvalue weighted by Gasteiger charge is 2.12. The Labute approximate surface area is 190 Å². The second-order valence-electron chi connectivity index (χ2n) is 6.65. The Balaban J connectivity index is 1.79. The van der Waals surface area contributed by atoms with Gasteiger partial charge in [-0.25, -0.2) is 4.39 Å². The van der Waals surface area contributed by atoms with Crippen LogP contribution in [0.1, 0.15) is 18.1 Å². The molecule has 0 aliphatic carbocycles. The van der Waals surface area contributed by atoms with Crippen LogP contribution in [0.4, 0.5) is 10.1 Å². The second-order valence-corrected chi connectivity index (χ2v) is 7.09. The zero-order valence-corrected chi connectivity index (χ0v) is 18.0. The molecule has 0 bridgehead atoms. The van der Waals surface area contributed by atoms with Crippen LogP contribution in [0.5, 0.6) is 11.5 Å². The molecule has 1 N–H and O–H groups in total. The molecular formula is C25H20ClFN2O3. The molecule has 0 saturated heterocycles. The summed E-state index contributed by atoms with van der Waals surface area (Å²) in [6.07, 6.45) is 1.45. The molecule has 3 aromatic rings. The highest BCUT2D eigenvalue weighted by Crippen LogP contribution is 2.30. The molecule has 3 rings (SSSR count). The lowest BCUT2D eigenvalue weighted by molar-refractivity contribution is -0.112. The van der Waals surface area contributed by atoms with Crippen LogP contribution in [-0.2, 0) is 11.4 Å². The normalized spacial score (nSPS) is 10.9. The van der Waals surface area contributed by atoms with Crippen LogP contribution in [0.2, 0.25) is 5.02 Å². The summed E-state index contributed by atoms with van der Waals surface area (Å²) in [7, 11) is 0. The maximum atomic E-state index is 13.8. The number of carbonyl (C=O) groups is 1. The number of ether oxygens (including phenoxy) is 2. The Morgan fingerprint density at radius 3 is 2.62 bits per heavy atom. The summed E-state index contributed by atoms with van der Waals surface area (Å²) >= 11 is 5.93. The van der Waals surface area contributed by atoms with E-state index in [-0.39, 0.29) is 18.0 Å². The first-order valence-electron chi connectivity index (χ1n) is 9.82. The van der Waals surface area contributed by atoms with E-state index >= 15 is 0 Å². The van der Waals surface area contributed by atoms with Gasteiger partial charge in [-0.15, -0.1) is 0 Å². The highest BCUT2D eigenvalue weighted by molar-refractivity contribution is 6.31. The zero-order valence-electron chi connectivity index (χ0n) is 17.3.